The summed E-state index contributed by atoms with van der Waals surface area (Å²) in [6, 6.07) is 0. The van der Waals surface area contributed by atoms with Gasteiger partial charge in [0.1, 0.15) is 0 Å². The third-order valence-electron chi connectivity index (χ3n) is 1.77. The zero-order valence-electron chi connectivity index (χ0n) is 4.78. The number of allylic oxidation sites excluding steroid dienone is 2. The van der Waals surface area contributed by atoms with Crippen LogP contribution in [0.15, 0.2) is 10.1 Å². The van der Waals surface area contributed by atoms with Gasteiger partial charge < -0.3 is 0 Å². The summed E-state index contributed by atoms with van der Waals surface area (Å²) in [5, 5.41) is 0. The van der Waals surface area contributed by atoms with Crippen molar-refractivity contribution in [2.75, 3.05) is 0 Å². The van der Waals surface area contributed by atoms with E-state index >= 15 is 0 Å². The van der Waals surface area contributed by atoms with Crippen molar-refractivity contribution >= 4 is 15.9 Å². The van der Waals surface area contributed by atoms with Gasteiger partial charge in [-0.2, -0.15) is 0 Å². The molecule has 0 nitrogen and oxygen atoms in total. The third kappa shape index (κ3) is 0.838. The minimum absolute atomic E-state index is 0.951. The van der Waals surface area contributed by atoms with Crippen molar-refractivity contribution in [3.63, 3.8) is 0 Å². The fourth-order valence-corrected chi connectivity index (χ4v) is 1.78. The molecule has 0 bridgehead atoms. The van der Waals surface area contributed by atoms with E-state index in [-0.39, 0.29) is 0 Å². The molecule has 2 fully saturated rings. The van der Waals surface area contributed by atoms with Gasteiger partial charge in [0.15, 0.2) is 0 Å². The van der Waals surface area contributed by atoms with Crippen molar-refractivity contribution in [1.82, 2.24) is 0 Å². The molecule has 0 aromatic carbocycles. The Kier molecular flexibility index (Phi) is 1.01. The molecule has 1 heteroatoms. The summed E-state index contributed by atoms with van der Waals surface area (Å²) < 4.78 is 1.55. The summed E-state index contributed by atoms with van der Waals surface area (Å²) in [6.45, 7) is 0. The van der Waals surface area contributed by atoms with Gasteiger partial charge in [0, 0.05) is 0 Å². The lowest BCUT2D eigenvalue weighted by atomic mass is 10.4. The molecule has 2 aliphatic carbocycles. The molecule has 2 aliphatic rings. The molecule has 44 valence electrons. The van der Waals surface area contributed by atoms with Gasteiger partial charge in [-0.25, -0.2) is 0 Å². The first kappa shape index (κ1) is 5.04. The molecule has 2 saturated carbocycles. The van der Waals surface area contributed by atoms with Crippen LogP contribution in [0, 0.1) is 5.92 Å². The maximum absolute atomic E-state index is 3.61. The number of hydrogen-bond donors (Lipinski definition) is 0. The van der Waals surface area contributed by atoms with Gasteiger partial charge in [-0.3, -0.25) is 0 Å². The molecular weight excluding hydrogens is 164 g/mol. The quantitative estimate of drug-likeness (QED) is 0.571. The van der Waals surface area contributed by atoms with Gasteiger partial charge in [-0.15, -0.1) is 0 Å². The lowest BCUT2D eigenvalue weighted by Gasteiger charge is -1.87. The SMILES string of the molecule is BrC(=C1CC1)C1CC1. The van der Waals surface area contributed by atoms with E-state index in [2.05, 4.69) is 15.9 Å². The lowest BCUT2D eigenvalue weighted by molar-refractivity contribution is 1.10. The maximum atomic E-state index is 3.61. The van der Waals surface area contributed by atoms with Crippen LogP contribution < -0.4 is 0 Å². The Labute approximate surface area is 58.1 Å². The fourth-order valence-electron chi connectivity index (χ4n) is 0.927. The first-order valence-corrected chi connectivity index (χ1v) is 4.04. The van der Waals surface area contributed by atoms with Crippen LogP contribution >= 0.6 is 15.9 Å². The van der Waals surface area contributed by atoms with Gasteiger partial charge in [0.05, 0.1) is 0 Å². The van der Waals surface area contributed by atoms with Gasteiger partial charge in [0.2, 0.25) is 0 Å². The van der Waals surface area contributed by atoms with Crippen molar-refractivity contribution in [3.8, 4) is 0 Å². The van der Waals surface area contributed by atoms with Crippen molar-refractivity contribution < 1.29 is 0 Å². The van der Waals surface area contributed by atoms with Crippen LogP contribution in [0.2, 0.25) is 0 Å². The Balaban J connectivity index is 2.12. The summed E-state index contributed by atoms with van der Waals surface area (Å²) in [6.07, 6.45) is 5.61. The number of halogens is 1. The second-order valence-corrected chi connectivity index (χ2v) is 3.58. The van der Waals surface area contributed by atoms with Gasteiger partial charge in [-0.05, 0) is 36.1 Å². The molecule has 0 saturated heterocycles. The van der Waals surface area contributed by atoms with E-state index < -0.39 is 0 Å². The molecule has 0 radical (unpaired) electrons. The summed E-state index contributed by atoms with van der Waals surface area (Å²) >= 11 is 3.61. The van der Waals surface area contributed by atoms with Crippen LogP contribution in [-0.4, -0.2) is 0 Å². The van der Waals surface area contributed by atoms with Crippen molar-refractivity contribution in [3.05, 3.63) is 10.1 Å². The van der Waals surface area contributed by atoms with Crippen molar-refractivity contribution in [2.24, 2.45) is 5.92 Å². The molecular formula is C7H9Br. The molecule has 0 aliphatic heterocycles. The molecule has 0 N–H and O–H groups in total. The van der Waals surface area contributed by atoms with E-state index in [1.807, 2.05) is 0 Å². The van der Waals surface area contributed by atoms with Crippen LogP contribution in [0.1, 0.15) is 25.7 Å². The van der Waals surface area contributed by atoms with E-state index in [1.165, 1.54) is 25.7 Å². The first-order chi connectivity index (χ1) is 3.88. The smallest absolute Gasteiger partial charge is 0.00261 e. The highest BCUT2D eigenvalue weighted by Crippen LogP contribution is 2.47. The molecule has 0 spiro atoms. The average molecular weight is 173 g/mol. The highest BCUT2D eigenvalue weighted by molar-refractivity contribution is 9.11. The van der Waals surface area contributed by atoms with Crippen molar-refractivity contribution in [1.29, 1.82) is 0 Å². The topological polar surface area (TPSA) is 0 Å². The lowest BCUT2D eigenvalue weighted by Crippen LogP contribution is -1.69. The molecule has 0 unspecified atom stereocenters. The molecule has 0 amide bonds. The highest BCUT2D eigenvalue weighted by atomic mass is 79.9. The predicted octanol–water partition coefficient (Wildman–Crippen LogP) is 2.84. The monoisotopic (exact) mass is 172 g/mol. The van der Waals surface area contributed by atoms with Gasteiger partial charge in [-0.1, -0.05) is 21.5 Å². The van der Waals surface area contributed by atoms with E-state index in [9.17, 15) is 0 Å². The highest BCUT2D eigenvalue weighted by Gasteiger charge is 2.29. The zero-order valence-corrected chi connectivity index (χ0v) is 6.37. The molecule has 0 heterocycles. The van der Waals surface area contributed by atoms with Crippen molar-refractivity contribution in [2.45, 2.75) is 25.7 Å². The minimum Gasteiger partial charge on any atom is -0.0592 e. The third-order valence-corrected chi connectivity index (χ3v) is 2.98. The Morgan fingerprint density at radius 1 is 1.38 bits per heavy atom. The fraction of sp³-hybridized carbons (Fsp3) is 0.714. The molecule has 0 aromatic heterocycles. The Morgan fingerprint density at radius 2 is 2.00 bits per heavy atom. The van der Waals surface area contributed by atoms with E-state index in [0.717, 1.165) is 5.92 Å². The van der Waals surface area contributed by atoms with Gasteiger partial charge >= 0.3 is 0 Å². The normalized spacial score (nSPS) is 25.9. The Morgan fingerprint density at radius 3 is 2.38 bits per heavy atom. The predicted molar refractivity (Wildman–Crippen MR) is 37.9 cm³/mol. The molecule has 0 aromatic rings. The van der Waals surface area contributed by atoms with Crippen LogP contribution in [-0.2, 0) is 0 Å². The maximum Gasteiger partial charge on any atom is -0.00261 e. The Hall–Kier alpha value is 0.220. The second-order valence-electron chi connectivity index (χ2n) is 2.73. The van der Waals surface area contributed by atoms with E-state index in [4.69, 9.17) is 0 Å². The van der Waals surface area contributed by atoms with Gasteiger partial charge in [0.25, 0.3) is 0 Å². The van der Waals surface area contributed by atoms with E-state index in [0.29, 0.717) is 0 Å². The largest absolute Gasteiger partial charge is 0.0592 e. The molecule has 8 heavy (non-hydrogen) atoms. The van der Waals surface area contributed by atoms with Crippen LogP contribution in [0.25, 0.3) is 0 Å². The summed E-state index contributed by atoms with van der Waals surface area (Å²) in [5.41, 5.74) is 1.69. The minimum atomic E-state index is 0.951. The summed E-state index contributed by atoms with van der Waals surface area (Å²) in [5.74, 6) is 0.951. The average Bonchev–Trinajstić information content (AvgIpc) is 2.63. The van der Waals surface area contributed by atoms with Crippen LogP contribution in [0.4, 0.5) is 0 Å². The van der Waals surface area contributed by atoms with E-state index in [1.54, 1.807) is 10.1 Å². The summed E-state index contributed by atoms with van der Waals surface area (Å²) in [4.78, 5) is 0. The molecule has 0 atom stereocenters. The standard InChI is InChI=1S/C7H9Br/c8-7(5-1-2-5)6-3-4-6/h5H,1-4H2. The Bertz CT molecular complexity index is 136. The summed E-state index contributed by atoms with van der Waals surface area (Å²) in [7, 11) is 0. The van der Waals surface area contributed by atoms with Crippen LogP contribution in [0.3, 0.4) is 0 Å². The second kappa shape index (κ2) is 1.60. The number of rotatable bonds is 1. The van der Waals surface area contributed by atoms with Crippen LogP contribution in [0.5, 0.6) is 0 Å². The number of hydrogen-bond acceptors (Lipinski definition) is 0. The molecule has 2 rings (SSSR count). The first-order valence-electron chi connectivity index (χ1n) is 3.25. The zero-order chi connectivity index (χ0) is 5.56.